The van der Waals surface area contributed by atoms with E-state index in [-0.39, 0.29) is 16.7 Å². The Morgan fingerprint density at radius 1 is 0.774 bits per heavy atom. The Kier molecular flexibility index (Phi) is 7.45. The van der Waals surface area contributed by atoms with E-state index in [4.69, 9.17) is 4.42 Å². The summed E-state index contributed by atoms with van der Waals surface area (Å²) in [6.45, 7) is 2.22. The van der Waals surface area contributed by atoms with Crippen LogP contribution < -0.4 is 5.43 Å². The van der Waals surface area contributed by atoms with Gasteiger partial charge in [-0.15, -0.1) is 0 Å². The first-order valence-corrected chi connectivity index (χ1v) is 11.0. The van der Waals surface area contributed by atoms with Crippen molar-refractivity contribution < 1.29 is 24.8 Å². The lowest BCUT2D eigenvalue weighted by molar-refractivity contribution is 0.367. The van der Waals surface area contributed by atoms with Crippen molar-refractivity contribution >= 4 is 11.0 Å². The van der Waals surface area contributed by atoms with E-state index in [0.29, 0.717) is 5.58 Å². The molecule has 0 aliphatic heterocycles. The maximum absolute atomic E-state index is 12.6. The van der Waals surface area contributed by atoms with Crippen LogP contribution in [0.1, 0.15) is 63.9 Å². The molecule has 0 unspecified atom stereocenters. The lowest BCUT2D eigenvalue weighted by Gasteiger charge is -2.10. The fraction of sp³-hybridized carbons (Fsp3) is 0.400. The summed E-state index contributed by atoms with van der Waals surface area (Å²) < 4.78 is 5.76. The number of hydrogen-bond acceptors (Lipinski definition) is 6. The molecule has 0 spiro atoms. The minimum atomic E-state index is -0.747. The van der Waals surface area contributed by atoms with Gasteiger partial charge in [0.2, 0.25) is 16.9 Å². The SMILES string of the molecule is CCCCCCCCCCc1ccc2c(=O)c(O)c(-c3ccc(O)c(O)c3O)oc2c1. The van der Waals surface area contributed by atoms with E-state index in [9.17, 15) is 25.2 Å². The Balaban J connectivity index is 1.77. The largest absolute Gasteiger partial charge is 0.504 e. The van der Waals surface area contributed by atoms with Crippen molar-refractivity contribution in [2.45, 2.75) is 64.7 Å². The topological polar surface area (TPSA) is 111 Å². The molecule has 4 N–H and O–H groups in total. The monoisotopic (exact) mass is 426 g/mol. The van der Waals surface area contributed by atoms with Crippen LogP contribution in [-0.4, -0.2) is 20.4 Å². The van der Waals surface area contributed by atoms with Gasteiger partial charge in [-0.3, -0.25) is 4.79 Å². The van der Waals surface area contributed by atoms with Crippen LogP contribution in [0, 0.1) is 0 Å². The maximum Gasteiger partial charge on any atom is 0.235 e. The number of phenols is 3. The van der Waals surface area contributed by atoms with Gasteiger partial charge in [-0.25, -0.2) is 0 Å². The van der Waals surface area contributed by atoms with Gasteiger partial charge >= 0.3 is 0 Å². The highest BCUT2D eigenvalue weighted by Crippen LogP contribution is 2.44. The van der Waals surface area contributed by atoms with Gasteiger partial charge in [-0.05, 0) is 42.7 Å². The van der Waals surface area contributed by atoms with E-state index in [2.05, 4.69) is 6.92 Å². The van der Waals surface area contributed by atoms with E-state index in [1.54, 1.807) is 12.1 Å². The van der Waals surface area contributed by atoms with E-state index in [0.717, 1.165) is 30.9 Å². The van der Waals surface area contributed by atoms with Gasteiger partial charge in [-0.2, -0.15) is 0 Å². The first-order chi connectivity index (χ1) is 14.9. The highest BCUT2D eigenvalue weighted by molar-refractivity contribution is 5.84. The van der Waals surface area contributed by atoms with Gasteiger partial charge in [0.05, 0.1) is 10.9 Å². The van der Waals surface area contributed by atoms with Crippen LogP contribution in [0.4, 0.5) is 0 Å². The molecule has 3 rings (SSSR count). The lowest BCUT2D eigenvalue weighted by atomic mass is 10.0. The van der Waals surface area contributed by atoms with Gasteiger partial charge in [0.15, 0.2) is 17.3 Å². The zero-order valence-corrected chi connectivity index (χ0v) is 17.9. The van der Waals surface area contributed by atoms with Crippen LogP contribution in [0.25, 0.3) is 22.3 Å². The molecule has 1 heterocycles. The zero-order valence-electron chi connectivity index (χ0n) is 17.9. The molecule has 6 nitrogen and oxygen atoms in total. The Bertz CT molecular complexity index is 1100. The normalized spacial score (nSPS) is 11.3. The summed E-state index contributed by atoms with van der Waals surface area (Å²) in [4.78, 5) is 12.6. The molecule has 1 aromatic heterocycles. The third-order valence-electron chi connectivity index (χ3n) is 5.63. The van der Waals surface area contributed by atoms with Gasteiger partial charge in [0.1, 0.15) is 5.58 Å². The molecule has 0 aliphatic carbocycles. The average molecular weight is 427 g/mol. The van der Waals surface area contributed by atoms with Crippen molar-refractivity contribution in [1.29, 1.82) is 0 Å². The fourth-order valence-electron chi connectivity index (χ4n) is 3.78. The number of aromatic hydroxyl groups is 4. The summed E-state index contributed by atoms with van der Waals surface area (Å²) in [6.07, 6.45) is 10.7. The number of hydrogen-bond donors (Lipinski definition) is 4. The van der Waals surface area contributed by atoms with Crippen molar-refractivity contribution in [1.82, 2.24) is 0 Å². The predicted molar refractivity (Wildman–Crippen MR) is 121 cm³/mol. The van der Waals surface area contributed by atoms with Crippen LogP contribution in [0.2, 0.25) is 0 Å². The Morgan fingerprint density at radius 2 is 1.45 bits per heavy atom. The third-order valence-corrected chi connectivity index (χ3v) is 5.63. The van der Waals surface area contributed by atoms with Gasteiger partial charge in [-0.1, -0.05) is 57.9 Å². The summed E-state index contributed by atoms with van der Waals surface area (Å²) in [6, 6.07) is 7.69. The molecule has 2 aromatic carbocycles. The van der Waals surface area contributed by atoms with Crippen molar-refractivity contribution in [2.75, 3.05) is 0 Å². The first-order valence-electron chi connectivity index (χ1n) is 11.0. The van der Waals surface area contributed by atoms with Crippen molar-refractivity contribution in [3.63, 3.8) is 0 Å². The summed E-state index contributed by atoms with van der Waals surface area (Å²) in [5.74, 6) is -2.86. The number of rotatable bonds is 10. The molecule has 31 heavy (non-hydrogen) atoms. The van der Waals surface area contributed by atoms with E-state index < -0.39 is 28.4 Å². The maximum atomic E-state index is 12.6. The van der Waals surface area contributed by atoms with Gasteiger partial charge in [0, 0.05) is 0 Å². The van der Waals surface area contributed by atoms with E-state index in [1.165, 1.54) is 44.6 Å². The zero-order chi connectivity index (χ0) is 22.4. The summed E-state index contributed by atoms with van der Waals surface area (Å²) >= 11 is 0. The molecule has 3 aromatic rings. The first kappa shape index (κ1) is 22.5. The fourth-order valence-corrected chi connectivity index (χ4v) is 3.78. The van der Waals surface area contributed by atoms with Crippen molar-refractivity contribution in [3.05, 3.63) is 46.1 Å². The summed E-state index contributed by atoms with van der Waals surface area (Å²) in [5, 5.41) is 40.0. The summed E-state index contributed by atoms with van der Waals surface area (Å²) in [5.41, 5.74) is 0.611. The molecule has 0 radical (unpaired) electrons. The molecular weight excluding hydrogens is 396 g/mol. The Labute approximate surface area is 181 Å². The van der Waals surface area contributed by atoms with Gasteiger partial charge in [0.25, 0.3) is 0 Å². The van der Waals surface area contributed by atoms with Crippen molar-refractivity contribution in [3.8, 4) is 34.3 Å². The second-order valence-corrected chi connectivity index (χ2v) is 7.99. The molecule has 0 saturated carbocycles. The molecule has 0 atom stereocenters. The van der Waals surface area contributed by atoms with Crippen LogP contribution in [-0.2, 0) is 6.42 Å². The molecular formula is C25H30O6. The lowest BCUT2D eigenvalue weighted by Crippen LogP contribution is -2.03. The average Bonchev–Trinajstić information content (AvgIpc) is 2.77. The second-order valence-electron chi connectivity index (χ2n) is 7.99. The minimum absolute atomic E-state index is 0.0831. The van der Waals surface area contributed by atoms with Crippen molar-refractivity contribution in [2.24, 2.45) is 0 Å². The quantitative estimate of drug-likeness (QED) is 0.235. The van der Waals surface area contributed by atoms with E-state index in [1.807, 2.05) is 6.07 Å². The summed E-state index contributed by atoms with van der Waals surface area (Å²) in [7, 11) is 0. The number of unbranched alkanes of at least 4 members (excludes halogenated alkanes) is 7. The Hall–Kier alpha value is -3.15. The second kappa shape index (κ2) is 10.2. The molecule has 166 valence electrons. The number of fused-ring (bicyclic) bond motifs is 1. The number of phenolic OH excluding ortho intramolecular Hbond substituents is 3. The third kappa shape index (κ3) is 5.13. The molecule has 0 amide bonds. The molecule has 0 fully saturated rings. The molecule has 6 heteroatoms. The highest BCUT2D eigenvalue weighted by atomic mass is 16.4. The number of benzene rings is 2. The van der Waals surface area contributed by atoms with Gasteiger partial charge < -0.3 is 24.8 Å². The van der Waals surface area contributed by atoms with Crippen LogP contribution >= 0.6 is 0 Å². The smallest absolute Gasteiger partial charge is 0.235 e. The van der Waals surface area contributed by atoms with Crippen LogP contribution in [0.15, 0.2) is 39.5 Å². The standard InChI is InChI=1S/C25H30O6/c1-2-3-4-5-6-7-8-9-10-16-11-12-17-20(15-16)31-25(24(30)21(17)27)18-13-14-19(26)23(29)22(18)28/h11-15,26,28-30H,2-10H2,1H3. The highest BCUT2D eigenvalue weighted by Gasteiger charge is 2.21. The predicted octanol–water partition coefficient (Wildman–Crippen LogP) is 5.97. The van der Waals surface area contributed by atoms with E-state index >= 15 is 0 Å². The molecule has 0 bridgehead atoms. The molecule has 0 saturated heterocycles. The molecule has 0 aliphatic rings. The van der Waals surface area contributed by atoms with Crippen LogP contribution in [0.3, 0.4) is 0 Å². The Morgan fingerprint density at radius 3 is 2.16 bits per heavy atom. The van der Waals surface area contributed by atoms with Crippen LogP contribution in [0.5, 0.6) is 23.0 Å². The minimum Gasteiger partial charge on any atom is -0.504 e. The number of aryl methyl sites for hydroxylation is 1.